The Morgan fingerprint density at radius 3 is 2.40 bits per heavy atom. The third-order valence-electron chi connectivity index (χ3n) is 4.11. The Morgan fingerprint density at radius 2 is 1.85 bits per heavy atom. The highest BCUT2D eigenvalue weighted by Gasteiger charge is 2.21. The van der Waals surface area contributed by atoms with Crippen molar-refractivity contribution in [1.82, 2.24) is 5.32 Å². The van der Waals surface area contributed by atoms with Crippen molar-refractivity contribution in [1.29, 1.82) is 0 Å². The lowest BCUT2D eigenvalue weighted by atomic mass is 9.88. The van der Waals surface area contributed by atoms with Crippen LogP contribution in [0.2, 0.25) is 5.02 Å². The van der Waals surface area contributed by atoms with E-state index in [4.69, 9.17) is 21.1 Å². The third kappa shape index (κ3) is 3.21. The second kappa shape index (κ2) is 7.19. The SMILES string of the molecule is CCc1c(CC2CCNCC2)cc(Cl)c(OC)c1OC. The molecule has 1 saturated heterocycles. The molecule has 4 heteroatoms. The van der Waals surface area contributed by atoms with Gasteiger partial charge in [0, 0.05) is 5.56 Å². The predicted molar refractivity (Wildman–Crippen MR) is 83.2 cm³/mol. The van der Waals surface area contributed by atoms with E-state index in [0.717, 1.165) is 37.6 Å². The lowest BCUT2D eigenvalue weighted by Crippen LogP contribution is -2.28. The summed E-state index contributed by atoms with van der Waals surface area (Å²) in [6.45, 7) is 4.39. The highest BCUT2D eigenvalue weighted by molar-refractivity contribution is 6.32. The number of hydrogen-bond acceptors (Lipinski definition) is 3. The summed E-state index contributed by atoms with van der Waals surface area (Å²) in [5.41, 5.74) is 2.54. The van der Waals surface area contributed by atoms with Gasteiger partial charge in [0.15, 0.2) is 11.5 Å². The zero-order valence-corrected chi connectivity index (χ0v) is 13.3. The number of hydrogen-bond donors (Lipinski definition) is 1. The van der Waals surface area contributed by atoms with Crippen LogP contribution in [0.5, 0.6) is 11.5 Å². The minimum absolute atomic E-state index is 0.644. The Bertz CT molecular complexity index is 456. The summed E-state index contributed by atoms with van der Waals surface area (Å²) >= 11 is 6.34. The smallest absolute Gasteiger partial charge is 0.179 e. The van der Waals surface area contributed by atoms with Gasteiger partial charge in [0.25, 0.3) is 0 Å². The van der Waals surface area contributed by atoms with Gasteiger partial charge < -0.3 is 14.8 Å². The van der Waals surface area contributed by atoms with Gasteiger partial charge >= 0.3 is 0 Å². The van der Waals surface area contributed by atoms with Crippen LogP contribution >= 0.6 is 11.6 Å². The first-order valence-corrected chi connectivity index (χ1v) is 7.72. The molecule has 20 heavy (non-hydrogen) atoms. The van der Waals surface area contributed by atoms with E-state index < -0.39 is 0 Å². The van der Waals surface area contributed by atoms with E-state index in [2.05, 4.69) is 18.3 Å². The molecule has 0 radical (unpaired) electrons. The number of ether oxygens (including phenoxy) is 2. The monoisotopic (exact) mass is 297 g/mol. The summed E-state index contributed by atoms with van der Waals surface area (Å²) in [5, 5.41) is 4.05. The van der Waals surface area contributed by atoms with E-state index in [9.17, 15) is 0 Å². The zero-order valence-electron chi connectivity index (χ0n) is 12.6. The Hall–Kier alpha value is -0.930. The Morgan fingerprint density at radius 1 is 1.20 bits per heavy atom. The van der Waals surface area contributed by atoms with Gasteiger partial charge in [-0.1, -0.05) is 18.5 Å². The van der Waals surface area contributed by atoms with Gasteiger partial charge in [-0.25, -0.2) is 0 Å². The van der Waals surface area contributed by atoms with Gasteiger partial charge in [-0.05, 0) is 56.3 Å². The average Bonchev–Trinajstić information content (AvgIpc) is 2.47. The molecule has 112 valence electrons. The molecule has 0 spiro atoms. The normalized spacial score (nSPS) is 16.2. The standard InChI is InChI=1S/C16H24ClNO2/c1-4-13-12(9-11-5-7-18-8-6-11)10-14(17)16(20-3)15(13)19-2/h10-11,18H,4-9H2,1-3H3. The summed E-state index contributed by atoms with van der Waals surface area (Å²) in [6.07, 6.45) is 4.46. The number of halogens is 1. The molecule has 1 N–H and O–H groups in total. The highest BCUT2D eigenvalue weighted by atomic mass is 35.5. The molecule has 0 aromatic heterocycles. The van der Waals surface area contributed by atoms with Crippen molar-refractivity contribution in [3.05, 3.63) is 22.2 Å². The summed E-state index contributed by atoms with van der Waals surface area (Å²) in [6, 6.07) is 2.06. The van der Waals surface area contributed by atoms with Gasteiger partial charge in [-0.2, -0.15) is 0 Å². The largest absolute Gasteiger partial charge is 0.493 e. The minimum atomic E-state index is 0.644. The first-order chi connectivity index (χ1) is 9.71. The van der Waals surface area contributed by atoms with E-state index in [1.165, 1.54) is 24.0 Å². The number of piperidine rings is 1. The molecule has 0 saturated carbocycles. The van der Waals surface area contributed by atoms with Gasteiger partial charge in [-0.15, -0.1) is 0 Å². The third-order valence-corrected chi connectivity index (χ3v) is 4.40. The molecule has 0 bridgehead atoms. The summed E-state index contributed by atoms with van der Waals surface area (Å²) < 4.78 is 10.9. The fraction of sp³-hybridized carbons (Fsp3) is 0.625. The second-order valence-electron chi connectivity index (χ2n) is 5.31. The topological polar surface area (TPSA) is 30.5 Å². The lowest BCUT2D eigenvalue weighted by molar-refractivity contribution is 0.348. The van der Waals surface area contributed by atoms with Crippen molar-refractivity contribution in [2.45, 2.75) is 32.6 Å². The maximum absolute atomic E-state index is 6.34. The average molecular weight is 298 g/mol. The van der Waals surface area contributed by atoms with Crippen molar-refractivity contribution in [3.63, 3.8) is 0 Å². The highest BCUT2D eigenvalue weighted by Crippen LogP contribution is 2.41. The van der Waals surface area contributed by atoms with Gasteiger partial charge in [0.05, 0.1) is 19.2 Å². The van der Waals surface area contributed by atoms with E-state index in [-0.39, 0.29) is 0 Å². The van der Waals surface area contributed by atoms with Crippen LogP contribution in [0.1, 0.15) is 30.9 Å². The maximum atomic E-state index is 6.34. The Balaban J connectivity index is 2.33. The first-order valence-electron chi connectivity index (χ1n) is 7.34. The van der Waals surface area contributed by atoms with Crippen LogP contribution in [-0.2, 0) is 12.8 Å². The van der Waals surface area contributed by atoms with Crippen LogP contribution in [0.15, 0.2) is 6.07 Å². The fourth-order valence-corrected chi connectivity index (χ4v) is 3.36. The van der Waals surface area contributed by atoms with Crippen molar-refractivity contribution in [2.75, 3.05) is 27.3 Å². The van der Waals surface area contributed by atoms with Gasteiger partial charge in [0.2, 0.25) is 0 Å². The number of nitrogens with one attached hydrogen (secondary N) is 1. The molecule has 0 aliphatic carbocycles. The first kappa shape index (κ1) is 15.5. The molecule has 1 fully saturated rings. The summed E-state index contributed by atoms with van der Waals surface area (Å²) in [5.74, 6) is 2.18. The van der Waals surface area contributed by atoms with E-state index in [1.54, 1.807) is 14.2 Å². The molecule has 0 atom stereocenters. The number of methoxy groups -OCH3 is 2. The van der Waals surface area contributed by atoms with Crippen LogP contribution in [0.25, 0.3) is 0 Å². The zero-order chi connectivity index (χ0) is 14.5. The summed E-state index contributed by atoms with van der Waals surface area (Å²) in [4.78, 5) is 0. The van der Waals surface area contributed by atoms with Crippen LogP contribution in [0.3, 0.4) is 0 Å². The molecular formula is C16H24ClNO2. The fourth-order valence-electron chi connectivity index (χ4n) is 3.07. The molecule has 3 nitrogen and oxygen atoms in total. The van der Waals surface area contributed by atoms with Crippen molar-refractivity contribution >= 4 is 11.6 Å². The number of benzene rings is 1. The predicted octanol–water partition coefficient (Wildman–Crippen LogP) is 3.46. The maximum Gasteiger partial charge on any atom is 0.179 e. The van der Waals surface area contributed by atoms with Crippen molar-refractivity contribution < 1.29 is 9.47 Å². The van der Waals surface area contributed by atoms with Crippen LogP contribution in [0, 0.1) is 5.92 Å². The Kier molecular flexibility index (Phi) is 5.55. The molecule has 1 aliphatic rings. The Labute approximate surface area is 126 Å². The second-order valence-corrected chi connectivity index (χ2v) is 5.72. The molecule has 1 aromatic carbocycles. The van der Waals surface area contributed by atoms with E-state index in [1.807, 2.05) is 0 Å². The minimum Gasteiger partial charge on any atom is -0.493 e. The van der Waals surface area contributed by atoms with Crippen LogP contribution in [-0.4, -0.2) is 27.3 Å². The van der Waals surface area contributed by atoms with Gasteiger partial charge in [-0.3, -0.25) is 0 Å². The van der Waals surface area contributed by atoms with Gasteiger partial charge in [0.1, 0.15) is 0 Å². The molecule has 1 aliphatic heterocycles. The van der Waals surface area contributed by atoms with Crippen molar-refractivity contribution in [3.8, 4) is 11.5 Å². The van der Waals surface area contributed by atoms with Crippen molar-refractivity contribution in [2.24, 2.45) is 5.92 Å². The lowest BCUT2D eigenvalue weighted by Gasteiger charge is -2.25. The summed E-state index contributed by atoms with van der Waals surface area (Å²) in [7, 11) is 3.32. The molecule has 2 rings (SSSR count). The number of rotatable bonds is 5. The molecule has 0 unspecified atom stereocenters. The van der Waals surface area contributed by atoms with E-state index >= 15 is 0 Å². The molecular weight excluding hydrogens is 274 g/mol. The van der Waals surface area contributed by atoms with E-state index in [0.29, 0.717) is 10.8 Å². The van der Waals surface area contributed by atoms with Crippen LogP contribution in [0.4, 0.5) is 0 Å². The molecule has 1 aromatic rings. The van der Waals surface area contributed by atoms with Crippen LogP contribution < -0.4 is 14.8 Å². The molecule has 0 amide bonds. The molecule has 1 heterocycles. The quantitative estimate of drug-likeness (QED) is 0.903.